The number of aliphatic imine (C=N–C) groups is 1. The van der Waals surface area contributed by atoms with Gasteiger partial charge in [0.25, 0.3) is 5.91 Å². The predicted octanol–water partition coefficient (Wildman–Crippen LogP) is 3.72. The second-order valence-corrected chi connectivity index (χ2v) is 8.66. The van der Waals surface area contributed by atoms with E-state index in [0.717, 1.165) is 47.5 Å². The standard InChI is InChI=1S/C19H21N5OS2/c1-12-7-9-23(10-8-12)19-22-24-16(20)15(17(25)21-18(24)27-19)11-13-3-5-14(26-2)6-4-13/h3-6,11-12,20H,7-10H2,1-2H3/b15-11+,20-16?. The van der Waals surface area contributed by atoms with Crippen molar-refractivity contribution in [1.29, 1.82) is 5.41 Å². The number of rotatable bonds is 2. The Morgan fingerprint density at radius 1 is 1.22 bits per heavy atom. The highest BCUT2D eigenvalue weighted by molar-refractivity contribution is 8.26. The number of hydrogen-bond donors (Lipinski definition) is 1. The van der Waals surface area contributed by atoms with Crippen molar-refractivity contribution < 1.29 is 4.79 Å². The third-order valence-corrected chi connectivity index (χ3v) is 6.64. The molecule has 1 amide bonds. The highest BCUT2D eigenvalue weighted by Crippen LogP contribution is 2.31. The lowest BCUT2D eigenvalue weighted by Crippen LogP contribution is -2.36. The first-order valence-corrected chi connectivity index (χ1v) is 11.0. The van der Waals surface area contributed by atoms with Crippen molar-refractivity contribution in [3.8, 4) is 0 Å². The molecule has 0 spiro atoms. The lowest BCUT2D eigenvalue weighted by Gasteiger charge is -2.30. The summed E-state index contributed by atoms with van der Waals surface area (Å²) in [6.07, 6.45) is 6.02. The summed E-state index contributed by atoms with van der Waals surface area (Å²) in [5, 5.41) is 15.9. The molecule has 140 valence electrons. The van der Waals surface area contributed by atoms with Crippen molar-refractivity contribution in [3.63, 3.8) is 0 Å². The van der Waals surface area contributed by atoms with Gasteiger partial charge < -0.3 is 4.90 Å². The molecule has 0 unspecified atom stereocenters. The van der Waals surface area contributed by atoms with Gasteiger partial charge >= 0.3 is 0 Å². The Morgan fingerprint density at radius 2 is 1.93 bits per heavy atom. The Labute approximate surface area is 167 Å². The van der Waals surface area contributed by atoms with Crippen LogP contribution in [-0.2, 0) is 4.79 Å². The van der Waals surface area contributed by atoms with E-state index in [0.29, 0.717) is 5.17 Å². The van der Waals surface area contributed by atoms with Crippen LogP contribution < -0.4 is 0 Å². The average molecular weight is 400 g/mol. The molecule has 27 heavy (non-hydrogen) atoms. The maximum atomic E-state index is 12.5. The molecule has 3 heterocycles. The van der Waals surface area contributed by atoms with Gasteiger partial charge in [-0.1, -0.05) is 19.1 Å². The van der Waals surface area contributed by atoms with Crippen LogP contribution in [0.3, 0.4) is 0 Å². The summed E-state index contributed by atoms with van der Waals surface area (Å²) < 4.78 is 0. The lowest BCUT2D eigenvalue weighted by atomic mass is 10.00. The summed E-state index contributed by atoms with van der Waals surface area (Å²) in [6.45, 7) is 4.19. The molecule has 1 saturated heterocycles. The number of nitrogens with zero attached hydrogens (tertiary/aromatic N) is 4. The first-order valence-electron chi connectivity index (χ1n) is 8.94. The Balaban J connectivity index is 1.57. The Morgan fingerprint density at radius 3 is 2.59 bits per heavy atom. The van der Waals surface area contributed by atoms with Crippen LogP contribution in [-0.4, -0.2) is 51.3 Å². The number of piperidine rings is 1. The molecule has 0 bridgehead atoms. The molecule has 1 N–H and O–H groups in total. The van der Waals surface area contributed by atoms with Crippen LogP contribution in [0.25, 0.3) is 6.08 Å². The number of hydrogen-bond acceptors (Lipinski definition) is 6. The molecule has 4 rings (SSSR count). The smallest absolute Gasteiger partial charge is 0.283 e. The van der Waals surface area contributed by atoms with Gasteiger partial charge in [-0.3, -0.25) is 10.2 Å². The third-order valence-electron chi connectivity index (χ3n) is 4.92. The van der Waals surface area contributed by atoms with Gasteiger partial charge in [-0.15, -0.1) is 16.9 Å². The third kappa shape index (κ3) is 3.68. The van der Waals surface area contributed by atoms with Gasteiger partial charge in [-0.2, -0.15) is 10.0 Å². The van der Waals surface area contributed by atoms with Crippen molar-refractivity contribution in [2.75, 3.05) is 19.3 Å². The van der Waals surface area contributed by atoms with E-state index in [1.54, 1.807) is 17.8 Å². The number of carbonyl (C=O) groups excluding carboxylic acids is 1. The van der Waals surface area contributed by atoms with Gasteiger partial charge in [0.1, 0.15) is 0 Å². The molecule has 3 aliphatic rings. The second-order valence-electron chi connectivity index (χ2n) is 6.85. The van der Waals surface area contributed by atoms with E-state index in [2.05, 4.69) is 21.9 Å². The van der Waals surface area contributed by atoms with Gasteiger partial charge in [-0.05, 0) is 60.5 Å². The minimum Gasteiger partial charge on any atom is -0.349 e. The zero-order chi connectivity index (χ0) is 19.0. The molecule has 0 aromatic heterocycles. The fourth-order valence-electron chi connectivity index (χ4n) is 3.18. The van der Waals surface area contributed by atoms with Crippen molar-refractivity contribution in [2.24, 2.45) is 16.0 Å². The van der Waals surface area contributed by atoms with Gasteiger partial charge in [0, 0.05) is 18.0 Å². The molecule has 1 fully saturated rings. The maximum Gasteiger partial charge on any atom is 0.283 e. The van der Waals surface area contributed by atoms with E-state index < -0.39 is 0 Å². The zero-order valence-electron chi connectivity index (χ0n) is 15.3. The number of amidine groups is 3. The number of fused-ring (bicyclic) bond motifs is 1. The van der Waals surface area contributed by atoms with E-state index in [1.807, 2.05) is 30.5 Å². The molecule has 0 radical (unpaired) electrons. The average Bonchev–Trinajstić information content (AvgIpc) is 3.10. The molecule has 1 aromatic rings. The Kier molecular flexibility index (Phi) is 5.10. The van der Waals surface area contributed by atoms with Crippen LogP contribution in [0, 0.1) is 11.3 Å². The fourth-order valence-corrected chi connectivity index (χ4v) is 4.53. The van der Waals surface area contributed by atoms with Crippen LogP contribution in [0.15, 0.2) is 44.8 Å². The highest BCUT2D eigenvalue weighted by atomic mass is 32.2. The first kappa shape index (κ1) is 18.3. The number of hydrazone groups is 1. The zero-order valence-corrected chi connectivity index (χ0v) is 16.9. The quantitative estimate of drug-likeness (QED) is 0.606. The minimum atomic E-state index is -0.378. The largest absolute Gasteiger partial charge is 0.349 e. The SMILES string of the molecule is CSc1ccc(/C=C2\C(=N)N3N=C(N4CCC(C)CC4)SC3=NC2=O)cc1. The molecule has 6 nitrogen and oxygen atoms in total. The van der Waals surface area contributed by atoms with Crippen LogP contribution >= 0.6 is 23.5 Å². The summed E-state index contributed by atoms with van der Waals surface area (Å²) in [5.41, 5.74) is 1.15. The van der Waals surface area contributed by atoms with E-state index in [9.17, 15) is 4.79 Å². The monoisotopic (exact) mass is 399 g/mol. The number of amides is 1. The first-order chi connectivity index (χ1) is 13.0. The van der Waals surface area contributed by atoms with Crippen molar-refractivity contribution >= 4 is 51.7 Å². The van der Waals surface area contributed by atoms with E-state index in [-0.39, 0.29) is 17.3 Å². The topological polar surface area (TPSA) is 72.1 Å². The summed E-state index contributed by atoms with van der Waals surface area (Å²) in [4.78, 5) is 20.1. The van der Waals surface area contributed by atoms with Crippen LogP contribution in [0.2, 0.25) is 0 Å². The predicted molar refractivity (Wildman–Crippen MR) is 113 cm³/mol. The minimum absolute atomic E-state index is 0.0896. The van der Waals surface area contributed by atoms with E-state index in [4.69, 9.17) is 5.41 Å². The summed E-state index contributed by atoms with van der Waals surface area (Å²) in [6, 6.07) is 7.89. The molecule has 3 aliphatic heterocycles. The van der Waals surface area contributed by atoms with Crippen LogP contribution in [0.5, 0.6) is 0 Å². The van der Waals surface area contributed by atoms with Gasteiger partial charge in [-0.25, -0.2) is 0 Å². The lowest BCUT2D eigenvalue weighted by molar-refractivity contribution is -0.114. The molecule has 0 atom stereocenters. The van der Waals surface area contributed by atoms with Crippen molar-refractivity contribution in [2.45, 2.75) is 24.7 Å². The molecule has 8 heteroatoms. The summed E-state index contributed by atoms with van der Waals surface area (Å²) in [5.74, 6) is 0.448. The molecule has 1 aromatic carbocycles. The number of nitrogens with one attached hydrogen (secondary N) is 1. The van der Waals surface area contributed by atoms with Crippen LogP contribution in [0.4, 0.5) is 0 Å². The Hall–Kier alpha value is -2.06. The summed E-state index contributed by atoms with van der Waals surface area (Å²) >= 11 is 3.05. The van der Waals surface area contributed by atoms with Crippen LogP contribution in [0.1, 0.15) is 25.3 Å². The van der Waals surface area contributed by atoms with E-state index in [1.165, 1.54) is 16.8 Å². The van der Waals surface area contributed by atoms with Gasteiger partial charge in [0.2, 0.25) is 5.17 Å². The second kappa shape index (κ2) is 7.52. The molecule has 0 saturated carbocycles. The highest BCUT2D eigenvalue weighted by Gasteiger charge is 2.37. The summed E-state index contributed by atoms with van der Waals surface area (Å²) in [7, 11) is 0. The van der Waals surface area contributed by atoms with Crippen molar-refractivity contribution in [1.82, 2.24) is 9.91 Å². The number of thioether (sulfide) groups is 2. The number of benzene rings is 1. The molecular weight excluding hydrogens is 378 g/mol. The maximum absolute atomic E-state index is 12.5. The molecule has 0 aliphatic carbocycles. The fraction of sp³-hybridized carbons (Fsp3) is 0.368. The number of likely N-dealkylation sites (tertiary alicyclic amines) is 1. The van der Waals surface area contributed by atoms with Gasteiger partial charge in [0.05, 0.1) is 5.57 Å². The number of carbonyl (C=O) groups is 1. The Bertz CT molecular complexity index is 867. The van der Waals surface area contributed by atoms with E-state index >= 15 is 0 Å². The molecular formula is C19H21N5OS2. The van der Waals surface area contributed by atoms with Gasteiger partial charge in [0.15, 0.2) is 11.0 Å². The normalized spacial score (nSPS) is 22.2. The van der Waals surface area contributed by atoms with Crippen molar-refractivity contribution in [3.05, 3.63) is 35.4 Å².